The van der Waals surface area contributed by atoms with Crippen molar-refractivity contribution in [1.29, 1.82) is 0 Å². The Labute approximate surface area is 77.6 Å². The van der Waals surface area contributed by atoms with Crippen molar-refractivity contribution in [3.8, 4) is 0 Å². The van der Waals surface area contributed by atoms with Gasteiger partial charge >= 0.3 is 0 Å². The Morgan fingerprint density at radius 2 is 1.09 bits per heavy atom. The van der Waals surface area contributed by atoms with Crippen LogP contribution in [0.15, 0.2) is 0 Å². The van der Waals surface area contributed by atoms with Crippen LogP contribution in [0.5, 0.6) is 0 Å². The summed E-state index contributed by atoms with van der Waals surface area (Å²) in [5.74, 6) is 0. The monoisotopic (exact) mass is 220 g/mol. The fraction of sp³-hybridized carbons (Fsp3) is 1.00. The topological polar surface area (TPSA) is 0 Å². The molecule has 0 nitrogen and oxygen atoms in total. The van der Waals surface area contributed by atoms with E-state index in [0.717, 1.165) is 0 Å². The highest BCUT2D eigenvalue weighted by Gasteiger charge is 2.36. The zero-order valence-electron chi connectivity index (χ0n) is 9.28. The Hall–Kier alpha value is 0.868. The van der Waals surface area contributed by atoms with Crippen LogP contribution in [0.2, 0.25) is 45.8 Å². The molecule has 0 aromatic carbocycles. The van der Waals surface area contributed by atoms with Gasteiger partial charge in [0.15, 0.2) is 0 Å². The van der Waals surface area contributed by atoms with Crippen molar-refractivity contribution < 1.29 is 0 Å². The molecule has 0 saturated heterocycles. The summed E-state index contributed by atoms with van der Waals surface area (Å²) in [5, 5.41) is 0. The largest absolute Gasteiger partial charge is 0.0772 e. The molecule has 4 heteroatoms. The SMILES string of the molecule is C[SiH2][SiH]([Si](C)(C)C)[Si](C)(C)C. The molecule has 11 heavy (non-hydrogen) atoms. The second-order valence-corrected chi connectivity index (χ2v) is 43.2. The highest BCUT2D eigenvalue weighted by molar-refractivity contribution is 7.75. The van der Waals surface area contributed by atoms with E-state index in [2.05, 4.69) is 45.8 Å². The fourth-order valence-electron chi connectivity index (χ4n) is 2.52. The average molecular weight is 221 g/mol. The van der Waals surface area contributed by atoms with Crippen LogP contribution < -0.4 is 0 Å². The molecular weight excluding hydrogens is 196 g/mol. The molecule has 0 rings (SSSR count). The third-order valence-electron chi connectivity index (χ3n) is 2.50. The second kappa shape index (κ2) is 3.72. The summed E-state index contributed by atoms with van der Waals surface area (Å²) in [4.78, 5) is 0. The molecule has 0 bridgehead atoms. The fourth-order valence-corrected chi connectivity index (χ4v) is 68.1. The van der Waals surface area contributed by atoms with Gasteiger partial charge in [-0.25, -0.2) is 0 Å². The Morgan fingerprint density at radius 3 is 1.09 bits per heavy atom. The van der Waals surface area contributed by atoms with E-state index in [4.69, 9.17) is 0 Å². The van der Waals surface area contributed by atoms with Gasteiger partial charge < -0.3 is 0 Å². The smallest absolute Gasteiger partial charge is 0.0293 e. The van der Waals surface area contributed by atoms with E-state index >= 15 is 0 Å². The van der Waals surface area contributed by atoms with Gasteiger partial charge in [-0.15, -0.1) is 0 Å². The average Bonchev–Trinajstić information content (AvgIpc) is 1.56. The third kappa shape index (κ3) is 3.87. The van der Waals surface area contributed by atoms with Crippen molar-refractivity contribution in [1.82, 2.24) is 0 Å². The number of rotatable bonds is 3. The Morgan fingerprint density at radius 1 is 0.818 bits per heavy atom. The first kappa shape index (κ1) is 11.9. The van der Waals surface area contributed by atoms with Gasteiger partial charge in [-0.1, -0.05) is 45.8 Å². The highest BCUT2D eigenvalue weighted by atomic mass is 29.9. The highest BCUT2D eigenvalue weighted by Crippen LogP contribution is 2.16. The summed E-state index contributed by atoms with van der Waals surface area (Å²) in [5.41, 5.74) is 0. The molecule has 0 fully saturated rings. The molecule has 0 N–H and O–H groups in total. The molecule has 0 aromatic heterocycles. The standard InChI is InChI=1S/C7H24Si4/c1-8-9(10(2,3)4)11(5,6)7/h9H,8H2,1-7H3. The van der Waals surface area contributed by atoms with Crippen molar-refractivity contribution in [2.75, 3.05) is 0 Å². The first-order chi connectivity index (χ1) is 4.69. The van der Waals surface area contributed by atoms with Gasteiger partial charge in [0, 0.05) is 31.6 Å². The molecular formula is C7H24Si4. The Kier molecular flexibility index (Phi) is 4.01. The first-order valence-electron chi connectivity index (χ1n) is 4.69. The third-order valence-corrected chi connectivity index (χ3v) is 67.5. The van der Waals surface area contributed by atoms with E-state index in [-0.39, 0.29) is 7.35 Å². The zero-order valence-corrected chi connectivity index (χ0v) is 13.9. The quantitative estimate of drug-likeness (QED) is 0.636. The minimum absolute atomic E-state index is 0.173. The Bertz CT molecular complexity index is 105. The molecule has 0 saturated carbocycles. The maximum atomic E-state index is 2.61. The maximum Gasteiger partial charge on any atom is 0.0293 e. The lowest BCUT2D eigenvalue weighted by molar-refractivity contribution is 1.81. The molecule has 0 atom stereocenters. The summed E-state index contributed by atoms with van der Waals surface area (Å²) >= 11 is 0. The van der Waals surface area contributed by atoms with Crippen molar-refractivity contribution in [3.63, 3.8) is 0 Å². The van der Waals surface area contributed by atoms with E-state index in [0.29, 0.717) is 9.04 Å². The molecule has 0 unspecified atom stereocenters. The number of hydrogen-bond donors (Lipinski definition) is 0. The molecule has 0 aliphatic carbocycles. The van der Waals surface area contributed by atoms with Crippen LogP contribution in [-0.4, -0.2) is 31.6 Å². The molecule has 68 valence electrons. The van der Waals surface area contributed by atoms with Crippen LogP contribution in [0.4, 0.5) is 0 Å². The summed E-state index contributed by atoms with van der Waals surface area (Å²) < 4.78 is 0. The van der Waals surface area contributed by atoms with Crippen LogP contribution >= 0.6 is 0 Å². The van der Waals surface area contributed by atoms with Gasteiger partial charge in [0.25, 0.3) is 0 Å². The molecule has 0 amide bonds. The van der Waals surface area contributed by atoms with E-state index in [1.54, 1.807) is 0 Å². The minimum Gasteiger partial charge on any atom is -0.0772 e. The predicted octanol–water partition coefficient (Wildman–Crippen LogP) is 1.76. The molecule has 0 radical (unpaired) electrons. The molecule has 0 aromatic rings. The number of hydrogen-bond acceptors (Lipinski definition) is 0. The van der Waals surface area contributed by atoms with Crippen molar-refractivity contribution >= 4 is 31.6 Å². The van der Waals surface area contributed by atoms with Gasteiger partial charge in [-0.05, 0) is 0 Å². The van der Waals surface area contributed by atoms with Gasteiger partial charge in [0.2, 0.25) is 0 Å². The van der Waals surface area contributed by atoms with Gasteiger partial charge in [-0.3, -0.25) is 0 Å². The second-order valence-electron chi connectivity index (χ2n) is 5.69. The van der Waals surface area contributed by atoms with E-state index < -0.39 is 15.2 Å². The van der Waals surface area contributed by atoms with Crippen LogP contribution in [-0.2, 0) is 0 Å². The van der Waals surface area contributed by atoms with E-state index in [9.17, 15) is 0 Å². The summed E-state index contributed by atoms with van der Waals surface area (Å²) in [6.07, 6.45) is 0. The summed E-state index contributed by atoms with van der Waals surface area (Å²) in [7, 11) is -1.11. The summed E-state index contributed by atoms with van der Waals surface area (Å²) in [6.45, 7) is 18.2. The lowest BCUT2D eigenvalue weighted by Gasteiger charge is -2.36. The van der Waals surface area contributed by atoms with Crippen LogP contribution in [0, 0.1) is 0 Å². The first-order valence-corrected chi connectivity index (χ1v) is 20.0. The lowest BCUT2D eigenvalue weighted by atomic mass is 11.8. The predicted molar refractivity (Wildman–Crippen MR) is 68.2 cm³/mol. The van der Waals surface area contributed by atoms with Gasteiger partial charge in [0.1, 0.15) is 0 Å². The van der Waals surface area contributed by atoms with E-state index in [1.807, 2.05) is 0 Å². The maximum absolute atomic E-state index is 2.61. The molecule has 0 spiro atoms. The summed E-state index contributed by atoms with van der Waals surface area (Å²) in [6, 6.07) is 0. The Balaban J connectivity index is 4.43. The molecule has 0 aliphatic rings. The van der Waals surface area contributed by atoms with Crippen LogP contribution in [0.1, 0.15) is 0 Å². The molecule has 0 heterocycles. The minimum atomic E-state index is -0.660. The van der Waals surface area contributed by atoms with Crippen molar-refractivity contribution in [2.24, 2.45) is 0 Å². The van der Waals surface area contributed by atoms with Crippen LogP contribution in [0.25, 0.3) is 0 Å². The molecule has 0 aliphatic heterocycles. The normalized spacial score (nSPS) is 15.3. The van der Waals surface area contributed by atoms with Crippen LogP contribution in [0.3, 0.4) is 0 Å². The lowest BCUT2D eigenvalue weighted by Crippen LogP contribution is -2.61. The van der Waals surface area contributed by atoms with Gasteiger partial charge in [-0.2, -0.15) is 0 Å². The van der Waals surface area contributed by atoms with Crippen molar-refractivity contribution in [3.05, 3.63) is 0 Å². The van der Waals surface area contributed by atoms with Crippen molar-refractivity contribution in [2.45, 2.75) is 45.8 Å². The van der Waals surface area contributed by atoms with Gasteiger partial charge in [0.05, 0.1) is 0 Å². The zero-order chi connectivity index (χ0) is 9.28. The van der Waals surface area contributed by atoms with E-state index in [1.165, 1.54) is 0 Å².